The molecule has 2 aliphatic rings. The van der Waals surface area contributed by atoms with Gasteiger partial charge >= 0.3 is 0 Å². The highest BCUT2D eigenvalue weighted by Crippen LogP contribution is 2.29. The largest absolute Gasteiger partial charge is 0.329 e. The quantitative estimate of drug-likeness (QED) is 0.762. The minimum Gasteiger partial charge on any atom is -0.329 e. The fraction of sp³-hybridized carbons (Fsp3) is 1.00. The van der Waals surface area contributed by atoms with E-state index in [4.69, 9.17) is 5.73 Å². The number of hydrogen-bond acceptors (Lipinski definition) is 4. The summed E-state index contributed by atoms with van der Waals surface area (Å²) in [5.74, 6) is 1.48. The molecule has 0 radical (unpaired) electrons. The van der Waals surface area contributed by atoms with Gasteiger partial charge < -0.3 is 11.1 Å². The Balaban J connectivity index is 1.78. The van der Waals surface area contributed by atoms with Gasteiger partial charge in [-0.15, -0.1) is 0 Å². The molecular formula is C12H24N2O2S. The SMILES string of the molecule is NCC1(NCCC2CCC2)CCS(=O)(=O)CC1. The molecule has 4 nitrogen and oxygen atoms in total. The molecule has 1 saturated heterocycles. The van der Waals surface area contributed by atoms with Crippen molar-refractivity contribution in [1.29, 1.82) is 0 Å². The highest BCUT2D eigenvalue weighted by Gasteiger charge is 2.35. The lowest BCUT2D eigenvalue weighted by Gasteiger charge is -2.38. The lowest BCUT2D eigenvalue weighted by molar-refractivity contribution is 0.253. The predicted octanol–water partition coefficient (Wildman–Crippen LogP) is 0.672. The molecule has 0 aromatic carbocycles. The molecule has 1 aliphatic heterocycles. The maximum Gasteiger partial charge on any atom is 0.150 e. The minimum atomic E-state index is -2.79. The lowest BCUT2D eigenvalue weighted by atomic mass is 9.82. The zero-order chi connectivity index (χ0) is 12.4. The van der Waals surface area contributed by atoms with Gasteiger partial charge in [-0.3, -0.25) is 0 Å². The predicted molar refractivity (Wildman–Crippen MR) is 69.6 cm³/mol. The summed E-state index contributed by atoms with van der Waals surface area (Å²) in [7, 11) is -2.79. The van der Waals surface area contributed by atoms with Crippen LogP contribution in [0.3, 0.4) is 0 Å². The highest BCUT2D eigenvalue weighted by atomic mass is 32.2. The average molecular weight is 260 g/mol. The van der Waals surface area contributed by atoms with Crippen LogP contribution >= 0.6 is 0 Å². The van der Waals surface area contributed by atoms with Crippen molar-refractivity contribution < 1.29 is 8.42 Å². The van der Waals surface area contributed by atoms with Crippen molar-refractivity contribution in [3.8, 4) is 0 Å². The molecule has 1 aliphatic carbocycles. The van der Waals surface area contributed by atoms with E-state index in [9.17, 15) is 8.42 Å². The van der Waals surface area contributed by atoms with E-state index < -0.39 is 9.84 Å². The fourth-order valence-corrected chi connectivity index (χ4v) is 4.31. The number of rotatable bonds is 5. The van der Waals surface area contributed by atoms with Crippen LogP contribution in [0.5, 0.6) is 0 Å². The molecule has 100 valence electrons. The number of sulfone groups is 1. The molecule has 17 heavy (non-hydrogen) atoms. The van der Waals surface area contributed by atoms with Crippen LogP contribution in [0.4, 0.5) is 0 Å². The van der Waals surface area contributed by atoms with Crippen LogP contribution in [0.25, 0.3) is 0 Å². The van der Waals surface area contributed by atoms with Crippen LogP contribution in [-0.4, -0.2) is 38.6 Å². The van der Waals surface area contributed by atoms with Crippen molar-refractivity contribution in [2.24, 2.45) is 11.7 Å². The second-order valence-corrected chi connectivity index (χ2v) is 7.95. The molecule has 3 N–H and O–H groups in total. The van der Waals surface area contributed by atoms with E-state index in [1.807, 2.05) is 0 Å². The first-order valence-corrected chi connectivity index (χ1v) is 8.53. The number of nitrogens with one attached hydrogen (secondary N) is 1. The fourth-order valence-electron chi connectivity index (χ4n) is 2.70. The third-order valence-corrected chi connectivity index (χ3v) is 6.10. The van der Waals surface area contributed by atoms with Crippen LogP contribution < -0.4 is 11.1 Å². The lowest BCUT2D eigenvalue weighted by Crippen LogP contribution is -2.56. The monoisotopic (exact) mass is 260 g/mol. The Morgan fingerprint density at radius 1 is 1.24 bits per heavy atom. The topological polar surface area (TPSA) is 72.2 Å². The summed E-state index contributed by atoms with van der Waals surface area (Å²) in [5, 5.41) is 3.53. The Kier molecular flexibility index (Phi) is 4.10. The van der Waals surface area contributed by atoms with Crippen LogP contribution in [0, 0.1) is 5.92 Å². The molecule has 2 fully saturated rings. The van der Waals surface area contributed by atoms with Gasteiger partial charge in [-0.25, -0.2) is 8.42 Å². The van der Waals surface area contributed by atoms with Crippen molar-refractivity contribution in [3.63, 3.8) is 0 Å². The van der Waals surface area contributed by atoms with E-state index in [1.54, 1.807) is 0 Å². The normalized spacial score (nSPS) is 27.6. The first kappa shape index (κ1) is 13.3. The van der Waals surface area contributed by atoms with Gasteiger partial charge in [0.05, 0.1) is 11.5 Å². The van der Waals surface area contributed by atoms with Gasteiger partial charge in [0.1, 0.15) is 9.84 Å². The van der Waals surface area contributed by atoms with Crippen molar-refractivity contribution in [2.75, 3.05) is 24.6 Å². The Morgan fingerprint density at radius 2 is 1.88 bits per heavy atom. The number of nitrogens with two attached hydrogens (primary N) is 1. The molecule has 1 saturated carbocycles. The summed E-state index contributed by atoms with van der Waals surface area (Å²) in [6.45, 7) is 1.54. The second-order valence-electron chi connectivity index (χ2n) is 5.65. The van der Waals surface area contributed by atoms with Gasteiger partial charge in [-0.05, 0) is 31.7 Å². The molecule has 0 bridgehead atoms. The van der Waals surface area contributed by atoms with Crippen LogP contribution in [0.2, 0.25) is 0 Å². The third-order valence-electron chi connectivity index (χ3n) is 4.45. The van der Waals surface area contributed by atoms with Crippen LogP contribution in [-0.2, 0) is 9.84 Å². The zero-order valence-corrected chi connectivity index (χ0v) is 11.3. The summed E-state index contributed by atoms with van der Waals surface area (Å²) < 4.78 is 22.8. The van der Waals surface area contributed by atoms with E-state index in [0.29, 0.717) is 30.9 Å². The van der Waals surface area contributed by atoms with E-state index in [-0.39, 0.29) is 5.54 Å². The van der Waals surface area contributed by atoms with Crippen LogP contribution in [0.1, 0.15) is 38.5 Å². The van der Waals surface area contributed by atoms with Crippen molar-refractivity contribution >= 4 is 9.84 Å². The first-order chi connectivity index (χ1) is 8.05. The zero-order valence-electron chi connectivity index (χ0n) is 10.5. The van der Waals surface area contributed by atoms with E-state index >= 15 is 0 Å². The van der Waals surface area contributed by atoms with Gasteiger partial charge in [0.15, 0.2) is 0 Å². The molecule has 2 rings (SSSR count). The van der Waals surface area contributed by atoms with Crippen molar-refractivity contribution in [3.05, 3.63) is 0 Å². The Hall–Kier alpha value is -0.130. The summed E-state index contributed by atoms with van der Waals surface area (Å²) in [6, 6.07) is 0. The van der Waals surface area contributed by atoms with Gasteiger partial charge in [0.2, 0.25) is 0 Å². The van der Waals surface area contributed by atoms with E-state index in [1.165, 1.54) is 25.7 Å². The minimum absolute atomic E-state index is 0.116. The third kappa shape index (κ3) is 3.42. The molecule has 0 aromatic rings. The van der Waals surface area contributed by atoms with Crippen molar-refractivity contribution in [1.82, 2.24) is 5.32 Å². The molecular weight excluding hydrogens is 236 g/mol. The van der Waals surface area contributed by atoms with Crippen molar-refractivity contribution in [2.45, 2.75) is 44.1 Å². The van der Waals surface area contributed by atoms with Gasteiger partial charge in [-0.2, -0.15) is 0 Å². The molecule has 0 spiro atoms. The second kappa shape index (κ2) is 5.24. The molecule has 5 heteroatoms. The van der Waals surface area contributed by atoms with E-state index in [2.05, 4.69) is 5.32 Å². The summed E-state index contributed by atoms with van der Waals surface area (Å²) in [5.41, 5.74) is 5.72. The molecule has 1 heterocycles. The van der Waals surface area contributed by atoms with Crippen LogP contribution in [0.15, 0.2) is 0 Å². The Bertz CT molecular complexity index is 336. The van der Waals surface area contributed by atoms with Gasteiger partial charge in [-0.1, -0.05) is 19.3 Å². The summed E-state index contributed by atoms with van der Waals surface area (Å²) in [6.07, 6.45) is 6.68. The smallest absolute Gasteiger partial charge is 0.150 e. The Morgan fingerprint density at radius 3 is 2.35 bits per heavy atom. The van der Waals surface area contributed by atoms with E-state index in [0.717, 1.165) is 12.5 Å². The summed E-state index contributed by atoms with van der Waals surface area (Å²) in [4.78, 5) is 0. The molecule has 0 aromatic heterocycles. The molecule has 0 atom stereocenters. The van der Waals surface area contributed by atoms with Gasteiger partial charge in [0.25, 0.3) is 0 Å². The first-order valence-electron chi connectivity index (χ1n) is 6.71. The molecule has 0 unspecified atom stereocenters. The molecule has 0 amide bonds. The standard InChI is InChI=1S/C12H24N2O2S/c13-10-12(5-8-17(15,16)9-6-12)14-7-4-11-2-1-3-11/h11,14H,1-10,13H2. The maximum atomic E-state index is 11.4. The highest BCUT2D eigenvalue weighted by molar-refractivity contribution is 7.91. The number of hydrogen-bond donors (Lipinski definition) is 2. The Labute approximate surface area is 104 Å². The van der Waals surface area contributed by atoms with Gasteiger partial charge in [0, 0.05) is 12.1 Å². The average Bonchev–Trinajstić information content (AvgIpc) is 2.25. The summed E-state index contributed by atoms with van der Waals surface area (Å²) >= 11 is 0. The maximum absolute atomic E-state index is 11.4.